The number of nitrogens with zero attached hydrogens (tertiary/aromatic N) is 4. The van der Waals surface area contributed by atoms with Crippen LogP contribution in [0.4, 0.5) is 0 Å². The largest absolute Gasteiger partial charge is 0.326 e. The summed E-state index contributed by atoms with van der Waals surface area (Å²) in [5.74, 6) is 1.87. The molecule has 0 amide bonds. The number of piperidine rings is 1. The molecule has 1 aliphatic heterocycles. The molecule has 1 aromatic carbocycles. The van der Waals surface area contributed by atoms with Gasteiger partial charge in [0.1, 0.15) is 5.82 Å². The van der Waals surface area contributed by atoms with Gasteiger partial charge in [-0.25, -0.2) is 4.98 Å². The van der Waals surface area contributed by atoms with E-state index in [-0.39, 0.29) is 0 Å². The Bertz CT molecular complexity index is 652. The molecule has 1 aliphatic rings. The molecule has 4 heteroatoms. The lowest BCUT2D eigenvalue weighted by molar-refractivity contribution is 0.171. The van der Waals surface area contributed by atoms with Crippen molar-refractivity contribution in [1.82, 2.24) is 14.5 Å². The van der Waals surface area contributed by atoms with Gasteiger partial charge in [-0.05, 0) is 37.4 Å². The van der Waals surface area contributed by atoms with Crippen molar-refractivity contribution in [3.63, 3.8) is 0 Å². The van der Waals surface area contributed by atoms with Crippen molar-refractivity contribution >= 4 is 11.0 Å². The Morgan fingerprint density at radius 1 is 1.38 bits per heavy atom. The molecule has 1 fully saturated rings. The minimum Gasteiger partial charge on any atom is -0.326 e. The van der Waals surface area contributed by atoms with Crippen LogP contribution in [0.5, 0.6) is 0 Å². The quantitative estimate of drug-likeness (QED) is 0.865. The number of benzene rings is 1. The predicted molar refractivity (Wildman–Crippen MR) is 83.6 cm³/mol. The van der Waals surface area contributed by atoms with Crippen LogP contribution in [-0.2, 0) is 13.1 Å². The molecule has 1 saturated heterocycles. The van der Waals surface area contributed by atoms with Gasteiger partial charge in [0, 0.05) is 13.1 Å². The van der Waals surface area contributed by atoms with E-state index in [0.717, 1.165) is 49.0 Å². The lowest BCUT2D eigenvalue weighted by Crippen LogP contribution is -2.34. The van der Waals surface area contributed by atoms with Gasteiger partial charge < -0.3 is 4.57 Å². The summed E-state index contributed by atoms with van der Waals surface area (Å²) < 4.78 is 2.22. The highest BCUT2D eigenvalue weighted by molar-refractivity contribution is 5.75. The van der Waals surface area contributed by atoms with E-state index in [1.54, 1.807) is 0 Å². The first kappa shape index (κ1) is 14.1. The fourth-order valence-corrected chi connectivity index (χ4v) is 3.29. The topological polar surface area (TPSA) is 44.9 Å². The number of para-hydroxylation sites is 2. The minimum atomic E-state index is 0.532. The van der Waals surface area contributed by atoms with Crippen molar-refractivity contribution in [2.45, 2.75) is 39.3 Å². The molecule has 0 saturated carbocycles. The Balaban J connectivity index is 1.87. The summed E-state index contributed by atoms with van der Waals surface area (Å²) in [7, 11) is 0. The first-order valence-electron chi connectivity index (χ1n) is 7.81. The zero-order valence-electron chi connectivity index (χ0n) is 12.6. The van der Waals surface area contributed by atoms with Gasteiger partial charge in [-0.1, -0.05) is 19.1 Å². The number of hydrogen-bond donors (Lipinski definition) is 0. The first-order valence-corrected chi connectivity index (χ1v) is 7.81. The third-order valence-corrected chi connectivity index (χ3v) is 4.29. The molecule has 2 heterocycles. The van der Waals surface area contributed by atoms with Crippen molar-refractivity contribution in [2.24, 2.45) is 5.92 Å². The van der Waals surface area contributed by atoms with Gasteiger partial charge in [0.15, 0.2) is 0 Å². The van der Waals surface area contributed by atoms with Crippen molar-refractivity contribution < 1.29 is 0 Å². The lowest BCUT2D eigenvalue weighted by atomic mass is 10.0. The van der Waals surface area contributed by atoms with E-state index in [9.17, 15) is 0 Å². The normalized spacial score (nSPS) is 19.7. The van der Waals surface area contributed by atoms with Crippen molar-refractivity contribution in [1.29, 1.82) is 5.26 Å². The number of rotatable bonds is 4. The number of aromatic nitrogens is 2. The van der Waals surface area contributed by atoms with Gasteiger partial charge in [0.25, 0.3) is 0 Å². The van der Waals surface area contributed by atoms with Crippen LogP contribution in [0.2, 0.25) is 0 Å². The van der Waals surface area contributed by atoms with Crippen LogP contribution in [0.15, 0.2) is 24.3 Å². The Hall–Kier alpha value is -1.86. The molecule has 3 rings (SSSR count). The molecular formula is C17H22N4. The van der Waals surface area contributed by atoms with Crippen LogP contribution in [0.25, 0.3) is 11.0 Å². The second-order valence-electron chi connectivity index (χ2n) is 6.06. The van der Waals surface area contributed by atoms with Gasteiger partial charge >= 0.3 is 0 Å². The molecule has 21 heavy (non-hydrogen) atoms. The van der Waals surface area contributed by atoms with Crippen LogP contribution in [0.3, 0.4) is 0 Å². The SMILES string of the molecule is CC1CCCN(Cc2nc3ccccc3n2CCC#N)C1. The molecule has 0 spiro atoms. The molecule has 1 atom stereocenters. The van der Waals surface area contributed by atoms with E-state index >= 15 is 0 Å². The summed E-state index contributed by atoms with van der Waals surface area (Å²) in [6.07, 6.45) is 3.14. The number of likely N-dealkylation sites (tertiary alicyclic amines) is 1. The number of imidazole rings is 1. The third kappa shape index (κ3) is 3.08. The number of fused-ring (bicyclic) bond motifs is 1. The van der Waals surface area contributed by atoms with Gasteiger partial charge in [-0.15, -0.1) is 0 Å². The highest BCUT2D eigenvalue weighted by Gasteiger charge is 2.19. The maximum absolute atomic E-state index is 8.89. The standard InChI is InChI=1S/C17H22N4/c1-14-6-4-10-20(12-14)13-17-19-15-7-2-3-8-16(15)21(17)11-5-9-18/h2-3,7-8,14H,4-6,10-13H2,1H3. The van der Waals surface area contributed by atoms with Crippen LogP contribution < -0.4 is 0 Å². The Kier molecular flexibility index (Phi) is 4.21. The maximum Gasteiger partial charge on any atom is 0.124 e. The highest BCUT2D eigenvalue weighted by Crippen LogP contribution is 2.21. The summed E-state index contributed by atoms with van der Waals surface area (Å²) in [6, 6.07) is 10.5. The summed E-state index contributed by atoms with van der Waals surface area (Å²) >= 11 is 0. The molecule has 0 aliphatic carbocycles. The Morgan fingerprint density at radius 2 is 2.24 bits per heavy atom. The van der Waals surface area contributed by atoms with Crippen LogP contribution >= 0.6 is 0 Å². The second kappa shape index (κ2) is 6.28. The smallest absolute Gasteiger partial charge is 0.124 e. The van der Waals surface area contributed by atoms with Crippen LogP contribution in [0.1, 0.15) is 32.0 Å². The molecule has 0 radical (unpaired) electrons. The maximum atomic E-state index is 8.89. The molecule has 110 valence electrons. The summed E-state index contributed by atoms with van der Waals surface area (Å²) in [5, 5.41) is 8.89. The lowest BCUT2D eigenvalue weighted by Gasteiger charge is -2.30. The first-order chi connectivity index (χ1) is 10.3. The average Bonchev–Trinajstić information content (AvgIpc) is 2.82. The van der Waals surface area contributed by atoms with E-state index < -0.39 is 0 Å². The summed E-state index contributed by atoms with van der Waals surface area (Å²) in [6.45, 7) is 6.26. The zero-order chi connectivity index (χ0) is 14.7. The number of aryl methyl sites for hydroxylation is 1. The third-order valence-electron chi connectivity index (χ3n) is 4.29. The van der Waals surface area contributed by atoms with E-state index in [1.165, 1.54) is 12.8 Å². The van der Waals surface area contributed by atoms with Gasteiger partial charge in [-0.3, -0.25) is 4.90 Å². The van der Waals surface area contributed by atoms with Gasteiger partial charge in [0.05, 0.1) is 30.1 Å². The monoisotopic (exact) mass is 282 g/mol. The molecule has 0 bridgehead atoms. The molecule has 1 aromatic heterocycles. The fourth-order valence-electron chi connectivity index (χ4n) is 3.29. The van der Waals surface area contributed by atoms with E-state index in [0.29, 0.717) is 6.42 Å². The molecule has 0 N–H and O–H groups in total. The van der Waals surface area contributed by atoms with Gasteiger partial charge in [0.2, 0.25) is 0 Å². The number of hydrogen-bond acceptors (Lipinski definition) is 3. The summed E-state index contributed by atoms with van der Waals surface area (Å²) in [5.41, 5.74) is 2.18. The van der Waals surface area contributed by atoms with E-state index in [2.05, 4.69) is 34.6 Å². The number of nitriles is 1. The fraction of sp³-hybridized carbons (Fsp3) is 0.529. The predicted octanol–water partition coefficient (Wildman–Crippen LogP) is 3.18. The van der Waals surface area contributed by atoms with Gasteiger partial charge in [-0.2, -0.15) is 5.26 Å². The second-order valence-corrected chi connectivity index (χ2v) is 6.06. The van der Waals surface area contributed by atoms with Crippen molar-refractivity contribution in [3.8, 4) is 6.07 Å². The van der Waals surface area contributed by atoms with Crippen LogP contribution in [-0.4, -0.2) is 27.5 Å². The Labute approximate surface area is 126 Å². The van der Waals surface area contributed by atoms with E-state index in [4.69, 9.17) is 10.2 Å². The average molecular weight is 282 g/mol. The van der Waals surface area contributed by atoms with Crippen molar-refractivity contribution in [3.05, 3.63) is 30.1 Å². The molecule has 4 nitrogen and oxygen atoms in total. The zero-order valence-corrected chi connectivity index (χ0v) is 12.6. The molecular weight excluding hydrogens is 260 g/mol. The van der Waals surface area contributed by atoms with Crippen LogP contribution in [0, 0.1) is 17.2 Å². The molecule has 2 aromatic rings. The Morgan fingerprint density at radius 3 is 3.05 bits per heavy atom. The molecule has 1 unspecified atom stereocenters. The summed E-state index contributed by atoms with van der Waals surface area (Å²) in [4.78, 5) is 7.29. The van der Waals surface area contributed by atoms with E-state index in [1.807, 2.05) is 12.1 Å². The highest BCUT2D eigenvalue weighted by atomic mass is 15.2. The minimum absolute atomic E-state index is 0.532. The van der Waals surface area contributed by atoms with Crippen molar-refractivity contribution in [2.75, 3.05) is 13.1 Å².